The molecule has 1 aliphatic carbocycles. The van der Waals surface area contributed by atoms with Gasteiger partial charge in [-0.2, -0.15) is 0 Å². The maximum Gasteiger partial charge on any atom is 0.0547 e. The molecule has 3 nitrogen and oxygen atoms in total. The third-order valence-electron chi connectivity index (χ3n) is 3.54. The van der Waals surface area contributed by atoms with E-state index in [1.165, 1.54) is 37.9 Å². The summed E-state index contributed by atoms with van der Waals surface area (Å²) in [6, 6.07) is 7.24. The van der Waals surface area contributed by atoms with E-state index in [4.69, 9.17) is 4.98 Å². The van der Waals surface area contributed by atoms with Crippen molar-refractivity contribution < 1.29 is 0 Å². The normalized spacial score (nSPS) is 15.1. The summed E-state index contributed by atoms with van der Waals surface area (Å²) in [5, 5.41) is 3.42. The Balaban J connectivity index is 1.89. The summed E-state index contributed by atoms with van der Waals surface area (Å²) >= 11 is 0. The number of nitrogens with zero attached hydrogens (tertiary/aromatic N) is 2. The first kappa shape index (κ1) is 14.5. The molecule has 2 rings (SSSR count). The van der Waals surface area contributed by atoms with Crippen molar-refractivity contribution in [2.75, 3.05) is 13.1 Å². The van der Waals surface area contributed by atoms with Gasteiger partial charge in [-0.15, -0.1) is 0 Å². The van der Waals surface area contributed by atoms with Crippen LogP contribution in [0.15, 0.2) is 18.2 Å². The summed E-state index contributed by atoms with van der Waals surface area (Å²) in [6.45, 7) is 8.61. The molecule has 0 aromatic carbocycles. The number of aromatic nitrogens is 1. The molecular weight excluding hydrogens is 234 g/mol. The van der Waals surface area contributed by atoms with Crippen molar-refractivity contribution in [3.8, 4) is 0 Å². The summed E-state index contributed by atoms with van der Waals surface area (Å²) in [6.07, 6.45) is 5.15. The van der Waals surface area contributed by atoms with Crippen LogP contribution in [0.4, 0.5) is 0 Å². The summed E-state index contributed by atoms with van der Waals surface area (Å²) < 4.78 is 0. The van der Waals surface area contributed by atoms with Crippen LogP contribution in [-0.2, 0) is 13.1 Å². The van der Waals surface area contributed by atoms with Crippen molar-refractivity contribution in [3.63, 3.8) is 0 Å². The van der Waals surface area contributed by atoms with Gasteiger partial charge in [0.1, 0.15) is 0 Å². The average Bonchev–Trinajstić information content (AvgIpc) is 3.23. The molecule has 19 heavy (non-hydrogen) atoms. The fourth-order valence-corrected chi connectivity index (χ4v) is 2.43. The molecule has 0 saturated heterocycles. The van der Waals surface area contributed by atoms with Gasteiger partial charge in [0.05, 0.1) is 11.4 Å². The highest BCUT2D eigenvalue weighted by atomic mass is 15.2. The number of hydrogen-bond acceptors (Lipinski definition) is 3. The maximum absolute atomic E-state index is 4.77. The van der Waals surface area contributed by atoms with Crippen LogP contribution < -0.4 is 5.32 Å². The molecule has 0 bridgehead atoms. The van der Waals surface area contributed by atoms with Crippen LogP contribution in [0, 0.1) is 0 Å². The lowest BCUT2D eigenvalue weighted by molar-refractivity contribution is 0.252. The Bertz CT molecular complexity index is 374. The van der Waals surface area contributed by atoms with Gasteiger partial charge in [0, 0.05) is 19.1 Å². The Morgan fingerprint density at radius 2 is 2.00 bits per heavy atom. The molecular formula is C16H27N3. The Morgan fingerprint density at radius 1 is 1.21 bits per heavy atom. The second-order valence-corrected chi connectivity index (χ2v) is 5.50. The molecule has 3 heteroatoms. The molecule has 1 saturated carbocycles. The smallest absolute Gasteiger partial charge is 0.0547 e. The van der Waals surface area contributed by atoms with E-state index in [9.17, 15) is 0 Å². The average molecular weight is 261 g/mol. The highest BCUT2D eigenvalue weighted by molar-refractivity contribution is 5.11. The first-order chi connectivity index (χ1) is 9.33. The zero-order valence-corrected chi connectivity index (χ0v) is 12.4. The molecule has 0 amide bonds. The summed E-state index contributed by atoms with van der Waals surface area (Å²) in [5.41, 5.74) is 2.38. The maximum atomic E-state index is 4.77. The van der Waals surface area contributed by atoms with E-state index in [1.807, 2.05) is 0 Å². The summed E-state index contributed by atoms with van der Waals surface area (Å²) in [5.74, 6) is 0. The topological polar surface area (TPSA) is 28.2 Å². The molecule has 0 atom stereocenters. The standard InChI is InChI=1S/C16H27N3/c1-3-10-17-12-14-6-5-7-15(18-14)13-19(11-4-2)16-8-9-16/h5-7,16-17H,3-4,8-13H2,1-2H3. The number of nitrogens with one attached hydrogen (secondary N) is 1. The van der Waals surface area contributed by atoms with Crippen LogP contribution in [0.2, 0.25) is 0 Å². The third-order valence-corrected chi connectivity index (χ3v) is 3.54. The largest absolute Gasteiger partial charge is 0.311 e. The molecule has 106 valence electrons. The molecule has 0 aliphatic heterocycles. The van der Waals surface area contributed by atoms with Crippen LogP contribution in [-0.4, -0.2) is 29.0 Å². The van der Waals surface area contributed by atoms with Gasteiger partial charge in [0.2, 0.25) is 0 Å². The van der Waals surface area contributed by atoms with Gasteiger partial charge in [0.25, 0.3) is 0 Å². The third kappa shape index (κ3) is 4.92. The Labute approximate surface area is 117 Å². The van der Waals surface area contributed by atoms with E-state index >= 15 is 0 Å². The van der Waals surface area contributed by atoms with E-state index in [0.29, 0.717) is 0 Å². The van der Waals surface area contributed by atoms with Gasteiger partial charge in [0.15, 0.2) is 0 Å². The molecule has 1 N–H and O–H groups in total. The molecule has 1 aliphatic rings. The predicted octanol–water partition coefficient (Wildman–Crippen LogP) is 2.96. The zero-order valence-electron chi connectivity index (χ0n) is 12.4. The van der Waals surface area contributed by atoms with E-state index < -0.39 is 0 Å². The van der Waals surface area contributed by atoms with E-state index in [1.54, 1.807) is 0 Å². The Morgan fingerprint density at radius 3 is 2.68 bits per heavy atom. The van der Waals surface area contributed by atoms with E-state index in [0.717, 1.165) is 31.4 Å². The van der Waals surface area contributed by atoms with Gasteiger partial charge in [-0.25, -0.2) is 0 Å². The lowest BCUT2D eigenvalue weighted by Crippen LogP contribution is -2.27. The quantitative estimate of drug-likeness (QED) is 0.693. The van der Waals surface area contributed by atoms with Crippen molar-refractivity contribution in [2.45, 2.75) is 58.7 Å². The van der Waals surface area contributed by atoms with Gasteiger partial charge < -0.3 is 5.32 Å². The molecule has 1 aromatic heterocycles. The van der Waals surface area contributed by atoms with Crippen molar-refractivity contribution >= 4 is 0 Å². The number of rotatable bonds is 9. The minimum Gasteiger partial charge on any atom is -0.311 e. The molecule has 1 aromatic rings. The number of pyridine rings is 1. The van der Waals surface area contributed by atoms with Crippen LogP contribution in [0.25, 0.3) is 0 Å². The highest BCUT2D eigenvalue weighted by Crippen LogP contribution is 2.28. The Kier molecular flexibility index (Phi) is 5.80. The van der Waals surface area contributed by atoms with Gasteiger partial charge >= 0.3 is 0 Å². The second kappa shape index (κ2) is 7.61. The molecule has 0 spiro atoms. The number of hydrogen-bond donors (Lipinski definition) is 1. The van der Waals surface area contributed by atoms with E-state index in [-0.39, 0.29) is 0 Å². The zero-order chi connectivity index (χ0) is 13.5. The lowest BCUT2D eigenvalue weighted by atomic mass is 10.2. The summed E-state index contributed by atoms with van der Waals surface area (Å²) in [4.78, 5) is 7.36. The van der Waals surface area contributed by atoms with Gasteiger partial charge in [-0.05, 0) is 50.9 Å². The molecule has 0 radical (unpaired) electrons. The molecule has 1 fully saturated rings. The Hall–Kier alpha value is -0.930. The fraction of sp³-hybridized carbons (Fsp3) is 0.688. The van der Waals surface area contributed by atoms with Crippen molar-refractivity contribution in [1.82, 2.24) is 15.2 Å². The minimum absolute atomic E-state index is 0.823. The molecule has 1 heterocycles. The van der Waals surface area contributed by atoms with Crippen LogP contribution in [0.5, 0.6) is 0 Å². The van der Waals surface area contributed by atoms with E-state index in [2.05, 4.69) is 42.3 Å². The monoisotopic (exact) mass is 261 g/mol. The van der Waals surface area contributed by atoms with Crippen molar-refractivity contribution in [2.24, 2.45) is 0 Å². The van der Waals surface area contributed by atoms with Gasteiger partial charge in [-0.3, -0.25) is 9.88 Å². The fourth-order valence-electron chi connectivity index (χ4n) is 2.43. The van der Waals surface area contributed by atoms with Crippen LogP contribution >= 0.6 is 0 Å². The predicted molar refractivity (Wildman–Crippen MR) is 80.0 cm³/mol. The summed E-state index contributed by atoms with van der Waals surface area (Å²) in [7, 11) is 0. The van der Waals surface area contributed by atoms with Crippen LogP contribution in [0.1, 0.15) is 50.9 Å². The highest BCUT2D eigenvalue weighted by Gasteiger charge is 2.28. The SMILES string of the molecule is CCCNCc1cccc(CN(CCC)C2CC2)n1. The minimum atomic E-state index is 0.823. The van der Waals surface area contributed by atoms with Crippen molar-refractivity contribution in [1.29, 1.82) is 0 Å². The van der Waals surface area contributed by atoms with Crippen molar-refractivity contribution in [3.05, 3.63) is 29.6 Å². The first-order valence-electron chi connectivity index (χ1n) is 7.73. The van der Waals surface area contributed by atoms with Gasteiger partial charge in [-0.1, -0.05) is 19.9 Å². The first-order valence-corrected chi connectivity index (χ1v) is 7.73. The second-order valence-electron chi connectivity index (χ2n) is 5.50. The van der Waals surface area contributed by atoms with Crippen LogP contribution in [0.3, 0.4) is 0 Å². The molecule has 0 unspecified atom stereocenters. The lowest BCUT2D eigenvalue weighted by Gasteiger charge is -2.20.